The van der Waals surface area contributed by atoms with Gasteiger partial charge in [-0.05, 0) is 0 Å². The predicted molar refractivity (Wildman–Crippen MR) is 5.81 cm³/mol. The third kappa shape index (κ3) is 25.8. The monoisotopic (exact) mass is 214 g/mol. The van der Waals surface area contributed by atoms with Gasteiger partial charge in [0.15, 0.2) is 0 Å². The number of rotatable bonds is 0. The van der Waals surface area contributed by atoms with E-state index in [4.69, 9.17) is 0 Å². The zero-order chi connectivity index (χ0) is 0. The van der Waals surface area contributed by atoms with Crippen LogP contribution in [0.1, 0.15) is 0 Å². The average Bonchev–Trinajstić information content (AvgIpc) is 0. The van der Waals surface area contributed by atoms with Crippen molar-refractivity contribution in [1.29, 1.82) is 0 Å². The van der Waals surface area contributed by atoms with Crippen molar-refractivity contribution in [3.8, 4) is 0 Å². The van der Waals surface area contributed by atoms with E-state index in [2.05, 4.69) is 0 Å². The minimum Gasteiger partial charge on any atom is -0.870 e. The molecule has 0 amide bonds. The molecule has 6 heteroatoms. The van der Waals surface area contributed by atoms with Crippen LogP contribution < -0.4 is 117 Å². The molecular formula is H3CsLiNaO3. The molecule has 0 aliphatic heterocycles. The van der Waals surface area contributed by atoms with Gasteiger partial charge < -0.3 is 16.4 Å². The summed E-state index contributed by atoms with van der Waals surface area (Å²) in [4.78, 5) is 0. The van der Waals surface area contributed by atoms with Crippen LogP contribution in [0.15, 0.2) is 0 Å². The van der Waals surface area contributed by atoms with Crippen molar-refractivity contribution in [3.05, 3.63) is 0 Å². The minimum atomic E-state index is 0. The Bertz CT molecular complexity index is 10.8. The Labute approximate surface area is 130 Å². The summed E-state index contributed by atoms with van der Waals surface area (Å²) in [6.45, 7) is 0. The molecule has 0 aliphatic carbocycles. The Morgan fingerprint density at radius 3 is 0.667 bits per heavy atom. The maximum absolute atomic E-state index is 0. The fraction of sp³-hybridized carbons (Fsp3) is 0. The largest absolute Gasteiger partial charge is 1.00 e. The molecule has 0 atom stereocenters. The Balaban J connectivity index is 0. The summed E-state index contributed by atoms with van der Waals surface area (Å²) in [7, 11) is 0. The molecule has 0 bridgehead atoms. The standard InChI is InChI=1S/Cs.Li.Na.3H2O/h;;;3*1H2/q3*+1;;;/p-3. The van der Waals surface area contributed by atoms with Crippen LogP contribution in [0.25, 0.3) is 0 Å². The summed E-state index contributed by atoms with van der Waals surface area (Å²) in [5.41, 5.74) is 0. The number of hydrogen-bond donors (Lipinski definition) is 0. The first-order chi connectivity index (χ1) is 0. The minimum absolute atomic E-state index is 0. The molecule has 0 spiro atoms. The van der Waals surface area contributed by atoms with Crippen LogP contribution in [0.3, 0.4) is 0 Å². The Morgan fingerprint density at radius 1 is 0.667 bits per heavy atom. The first kappa shape index (κ1) is 55.7. The van der Waals surface area contributed by atoms with Crippen LogP contribution in [0.5, 0.6) is 0 Å². The van der Waals surface area contributed by atoms with Gasteiger partial charge in [-0.15, -0.1) is 0 Å². The molecule has 0 aromatic carbocycles. The first-order valence-corrected chi connectivity index (χ1v) is 0. The van der Waals surface area contributed by atoms with Crippen LogP contribution >= 0.6 is 0 Å². The van der Waals surface area contributed by atoms with E-state index in [1.54, 1.807) is 0 Å². The third-order valence-electron chi connectivity index (χ3n) is 0. The van der Waals surface area contributed by atoms with Gasteiger partial charge in [0.25, 0.3) is 0 Å². The van der Waals surface area contributed by atoms with Gasteiger partial charge >= 0.3 is 117 Å². The van der Waals surface area contributed by atoms with Crippen LogP contribution in [-0.4, -0.2) is 16.4 Å². The Hall–Kier alpha value is 3.53. The predicted octanol–water partition coefficient (Wildman–Crippen LogP) is -9.52. The maximum atomic E-state index is 0. The van der Waals surface area contributed by atoms with Crippen molar-refractivity contribution >= 4 is 0 Å². The van der Waals surface area contributed by atoms with E-state index in [9.17, 15) is 0 Å². The molecule has 0 rings (SSSR count). The van der Waals surface area contributed by atoms with Crippen LogP contribution in [0, 0.1) is 0 Å². The molecule has 0 heterocycles. The van der Waals surface area contributed by atoms with E-state index in [-0.39, 0.29) is 134 Å². The second-order valence-corrected chi connectivity index (χ2v) is 0. The molecule has 0 unspecified atom stereocenters. The van der Waals surface area contributed by atoms with Crippen LogP contribution in [-0.2, 0) is 0 Å². The summed E-state index contributed by atoms with van der Waals surface area (Å²) in [5, 5.41) is 0. The Morgan fingerprint density at radius 2 is 0.667 bits per heavy atom. The smallest absolute Gasteiger partial charge is 0.870 e. The number of hydrogen-bond acceptors (Lipinski definition) is 3. The molecule has 0 saturated heterocycles. The fourth-order valence-electron chi connectivity index (χ4n) is 0. The van der Waals surface area contributed by atoms with Crippen molar-refractivity contribution in [3.63, 3.8) is 0 Å². The van der Waals surface area contributed by atoms with E-state index >= 15 is 0 Å². The van der Waals surface area contributed by atoms with Gasteiger partial charge in [-0.1, -0.05) is 0 Å². The van der Waals surface area contributed by atoms with Gasteiger partial charge in [0.05, 0.1) is 0 Å². The molecule has 0 saturated carbocycles. The van der Waals surface area contributed by atoms with Gasteiger partial charge in [0, 0.05) is 0 Å². The molecule has 6 heavy (non-hydrogen) atoms. The van der Waals surface area contributed by atoms with Crippen molar-refractivity contribution in [2.45, 2.75) is 0 Å². The van der Waals surface area contributed by atoms with E-state index < -0.39 is 0 Å². The van der Waals surface area contributed by atoms with E-state index in [0.717, 1.165) is 0 Å². The van der Waals surface area contributed by atoms with Crippen LogP contribution in [0.4, 0.5) is 0 Å². The summed E-state index contributed by atoms with van der Waals surface area (Å²) in [6.07, 6.45) is 0. The summed E-state index contributed by atoms with van der Waals surface area (Å²) >= 11 is 0. The molecule has 0 fully saturated rings. The second-order valence-electron chi connectivity index (χ2n) is 0. The quantitative estimate of drug-likeness (QED) is 0.375. The molecule has 0 radical (unpaired) electrons. The van der Waals surface area contributed by atoms with Crippen molar-refractivity contribution in [2.75, 3.05) is 0 Å². The van der Waals surface area contributed by atoms with E-state index in [1.807, 2.05) is 0 Å². The molecule has 3 nitrogen and oxygen atoms in total. The SMILES string of the molecule is [Cs+].[Li+].[Na+].[OH-].[OH-].[OH-]. The molecular weight excluding hydrogens is 211 g/mol. The zero-order valence-electron chi connectivity index (χ0n) is 4.34. The summed E-state index contributed by atoms with van der Waals surface area (Å²) < 4.78 is 0. The summed E-state index contributed by atoms with van der Waals surface area (Å²) in [5.74, 6) is 0. The van der Waals surface area contributed by atoms with Crippen molar-refractivity contribution in [1.82, 2.24) is 0 Å². The molecule has 3 N–H and O–H groups in total. The normalized spacial score (nSPS) is 0. The molecule has 0 aromatic rings. The molecule has 24 valence electrons. The zero-order valence-corrected chi connectivity index (χ0v) is 12.6. The topological polar surface area (TPSA) is 90.0 Å². The third-order valence-corrected chi connectivity index (χ3v) is 0. The van der Waals surface area contributed by atoms with Gasteiger partial charge in [-0.2, -0.15) is 0 Å². The average molecular weight is 214 g/mol. The Kier molecular flexibility index (Phi) is 360. The summed E-state index contributed by atoms with van der Waals surface area (Å²) in [6, 6.07) is 0. The van der Waals surface area contributed by atoms with Gasteiger partial charge in [-0.3, -0.25) is 0 Å². The van der Waals surface area contributed by atoms with Crippen molar-refractivity contribution < 1.29 is 134 Å². The first-order valence-electron chi connectivity index (χ1n) is 0. The fourth-order valence-corrected chi connectivity index (χ4v) is 0. The van der Waals surface area contributed by atoms with Crippen LogP contribution in [0.2, 0.25) is 0 Å². The van der Waals surface area contributed by atoms with E-state index in [1.165, 1.54) is 0 Å². The molecule has 0 aromatic heterocycles. The van der Waals surface area contributed by atoms with E-state index in [0.29, 0.717) is 0 Å². The van der Waals surface area contributed by atoms with Crippen molar-refractivity contribution in [2.24, 2.45) is 0 Å². The van der Waals surface area contributed by atoms with Gasteiger partial charge in [0.1, 0.15) is 0 Å². The maximum Gasteiger partial charge on any atom is 1.00 e. The second kappa shape index (κ2) is 38.8. The molecule has 0 aliphatic rings. The van der Waals surface area contributed by atoms with Gasteiger partial charge in [0.2, 0.25) is 0 Å². The van der Waals surface area contributed by atoms with Gasteiger partial charge in [-0.25, -0.2) is 0 Å².